The third-order valence-corrected chi connectivity index (χ3v) is 6.13. The smallest absolute Gasteiger partial charge is 0.346 e. The van der Waals surface area contributed by atoms with Crippen molar-refractivity contribution in [3.05, 3.63) is 74.4 Å². The van der Waals surface area contributed by atoms with Crippen LogP contribution in [0.5, 0.6) is 11.5 Å². The Morgan fingerprint density at radius 2 is 1.87 bits per heavy atom. The molecule has 0 fully saturated rings. The molecule has 3 aromatic rings. The molecular formula is C22H16ClNO6S. The lowest BCUT2D eigenvalue weighted by Gasteiger charge is -2.26. The standard InChI is InChI=1S/C22H16ClNO6S/c1-29-14-4-2-12(3-5-14)10-30-15-6-7-16(23)17(9-15)24-18(25)8-13-11-31-20(22(27)28)19(13)21(24)26/h2-7,9,11H,8,10H2,1H3,(H,27,28). The van der Waals surface area contributed by atoms with Crippen molar-refractivity contribution in [1.82, 2.24) is 0 Å². The molecule has 1 aromatic heterocycles. The maximum absolute atomic E-state index is 13.1. The number of hydrogen-bond donors (Lipinski definition) is 1. The molecule has 2 heterocycles. The zero-order valence-electron chi connectivity index (χ0n) is 16.3. The van der Waals surface area contributed by atoms with Crippen LogP contribution < -0.4 is 14.4 Å². The molecule has 158 valence electrons. The first-order chi connectivity index (χ1) is 14.9. The van der Waals surface area contributed by atoms with Crippen molar-refractivity contribution in [3.8, 4) is 11.5 Å². The van der Waals surface area contributed by atoms with Crippen molar-refractivity contribution < 1.29 is 29.0 Å². The molecule has 0 unspecified atom stereocenters. The monoisotopic (exact) mass is 457 g/mol. The summed E-state index contributed by atoms with van der Waals surface area (Å²) in [6, 6.07) is 12.0. The van der Waals surface area contributed by atoms with E-state index in [2.05, 4.69) is 0 Å². The number of amides is 2. The van der Waals surface area contributed by atoms with Gasteiger partial charge in [-0.05, 0) is 40.8 Å². The van der Waals surface area contributed by atoms with Gasteiger partial charge in [-0.2, -0.15) is 0 Å². The van der Waals surface area contributed by atoms with Gasteiger partial charge in [-0.25, -0.2) is 9.69 Å². The van der Waals surface area contributed by atoms with Gasteiger partial charge >= 0.3 is 5.97 Å². The fraction of sp³-hybridized carbons (Fsp3) is 0.136. The Morgan fingerprint density at radius 3 is 2.55 bits per heavy atom. The number of halogens is 1. The van der Waals surface area contributed by atoms with Gasteiger partial charge in [-0.3, -0.25) is 9.59 Å². The van der Waals surface area contributed by atoms with Crippen molar-refractivity contribution in [3.63, 3.8) is 0 Å². The van der Waals surface area contributed by atoms with Crippen LogP contribution in [0.3, 0.4) is 0 Å². The summed E-state index contributed by atoms with van der Waals surface area (Å²) in [4.78, 5) is 38.1. The zero-order valence-corrected chi connectivity index (χ0v) is 17.8. The Labute approximate surface area is 186 Å². The number of carboxylic acids is 1. The number of thiophene rings is 1. The van der Waals surface area contributed by atoms with Crippen LogP contribution in [0, 0.1) is 0 Å². The number of anilines is 1. The van der Waals surface area contributed by atoms with Gasteiger partial charge < -0.3 is 14.6 Å². The number of fused-ring (bicyclic) bond motifs is 1. The van der Waals surface area contributed by atoms with Gasteiger partial charge in [-0.1, -0.05) is 23.7 Å². The number of benzene rings is 2. The first kappa shape index (κ1) is 20.9. The van der Waals surface area contributed by atoms with Gasteiger partial charge in [0.1, 0.15) is 23.0 Å². The number of ether oxygens (including phenoxy) is 2. The number of carboxylic acid groups (broad SMARTS) is 1. The van der Waals surface area contributed by atoms with Crippen LogP contribution in [0.4, 0.5) is 5.69 Å². The number of hydrogen-bond acceptors (Lipinski definition) is 6. The predicted octanol–water partition coefficient (Wildman–Crippen LogP) is 4.42. The van der Waals surface area contributed by atoms with Crippen LogP contribution in [0.15, 0.2) is 47.8 Å². The van der Waals surface area contributed by atoms with Crippen molar-refractivity contribution in [2.75, 3.05) is 12.0 Å². The van der Waals surface area contributed by atoms with Gasteiger partial charge in [0.25, 0.3) is 5.91 Å². The maximum atomic E-state index is 13.1. The van der Waals surface area contributed by atoms with E-state index in [0.717, 1.165) is 27.5 Å². The van der Waals surface area contributed by atoms with Crippen molar-refractivity contribution in [1.29, 1.82) is 0 Å². The first-order valence-electron chi connectivity index (χ1n) is 9.15. The van der Waals surface area contributed by atoms with Crippen LogP contribution in [0.2, 0.25) is 5.02 Å². The van der Waals surface area contributed by atoms with Crippen molar-refractivity contribution >= 4 is 46.4 Å². The number of imide groups is 1. The van der Waals surface area contributed by atoms with E-state index in [1.54, 1.807) is 13.2 Å². The lowest BCUT2D eigenvalue weighted by Crippen LogP contribution is -2.42. The highest BCUT2D eigenvalue weighted by Crippen LogP contribution is 2.36. The van der Waals surface area contributed by atoms with Crippen LogP contribution >= 0.6 is 22.9 Å². The number of aromatic carboxylic acids is 1. The third-order valence-electron chi connectivity index (χ3n) is 4.79. The largest absolute Gasteiger partial charge is 0.497 e. The summed E-state index contributed by atoms with van der Waals surface area (Å²) in [5.74, 6) is -1.27. The van der Waals surface area contributed by atoms with Crippen LogP contribution in [-0.2, 0) is 17.8 Å². The summed E-state index contributed by atoms with van der Waals surface area (Å²) in [6.07, 6.45) is -0.0852. The number of rotatable bonds is 6. The molecule has 0 saturated carbocycles. The molecule has 31 heavy (non-hydrogen) atoms. The molecule has 9 heteroatoms. The second kappa shape index (κ2) is 8.41. The molecule has 1 aliphatic rings. The SMILES string of the molecule is COc1ccc(COc2ccc(Cl)c(N3C(=O)Cc4csc(C(=O)O)c4C3=O)c2)cc1. The minimum atomic E-state index is -1.21. The summed E-state index contributed by atoms with van der Waals surface area (Å²) >= 11 is 7.21. The third kappa shape index (κ3) is 3.99. The summed E-state index contributed by atoms with van der Waals surface area (Å²) in [7, 11) is 1.59. The predicted molar refractivity (Wildman–Crippen MR) is 116 cm³/mol. The Morgan fingerprint density at radius 1 is 1.16 bits per heavy atom. The van der Waals surface area contributed by atoms with E-state index in [4.69, 9.17) is 21.1 Å². The Bertz CT molecular complexity index is 1190. The summed E-state index contributed by atoms with van der Waals surface area (Å²) < 4.78 is 10.9. The molecule has 0 atom stereocenters. The molecule has 1 N–H and O–H groups in total. The molecule has 0 saturated heterocycles. The second-order valence-corrected chi connectivity index (χ2v) is 8.02. The highest BCUT2D eigenvalue weighted by atomic mass is 35.5. The Balaban J connectivity index is 1.61. The number of carbonyl (C=O) groups excluding carboxylic acids is 2. The maximum Gasteiger partial charge on any atom is 0.346 e. The van der Waals surface area contributed by atoms with E-state index in [-0.39, 0.29) is 34.2 Å². The first-order valence-corrected chi connectivity index (χ1v) is 10.4. The quantitative estimate of drug-likeness (QED) is 0.551. The molecule has 7 nitrogen and oxygen atoms in total. The van der Waals surface area contributed by atoms with Gasteiger partial charge in [0.05, 0.1) is 29.8 Å². The number of nitrogens with zero attached hydrogens (tertiary/aromatic N) is 1. The topological polar surface area (TPSA) is 93.1 Å². The number of carbonyl (C=O) groups is 3. The summed E-state index contributed by atoms with van der Waals surface area (Å²) in [5.41, 5.74) is 1.49. The molecule has 0 aliphatic carbocycles. The summed E-state index contributed by atoms with van der Waals surface area (Å²) in [6.45, 7) is 0.255. The molecule has 4 rings (SSSR count). The van der Waals surface area contributed by atoms with Gasteiger partial charge in [-0.15, -0.1) is 11.3 Å². The van der Waals surface area contributed by atoms with Crippen molar-refractivity contribution in [2.24, 2.45) is 0 Å². The van der Waals surface area contributed by atoms with E-state index >= 15 is 0 Å². The molecule has 1 aliphatic heterocycles. The summed E-state index contributed by atoms with van der Waals surface area (Å²) in [5, 5.41) is 11.1. The van der Waals surface area contributed by atoms with Crippen LogP contribution in [0.25, 0.3) is 0 Å². The fourth-order valence-corrected chi connectivity index (χ4v) is 4.37. The molecule has 0 bridgehead atoms. The van der Waals surface area contributed by atoms with Crippen LogP contribution in [-0.4, -0.2) is 30.0 Å². The average molecular weight is 458 g/mol. The molecular weight excluding hydrogens is 442 g/mol. The second-order valence-electron chi connectivity index (χ2n) is 6.73. The zero-order chi connectivity index (χ0) is 22.1. The van der Waals surface area contributed by atoms with Gasteiger partial charge in [0.15, 0.2) is 0 Å². The lowest BCUT2D eigenvalue weighted by atomic mass is 10.0. The molecule has 2 amide bonds. The van der Waals surface area contributed by atoms with Gasteiger partial charge in [0, 0.05) is 6.07 Å². The lowest BCUT2D eigenvalue weighted by molar-refractivity contribution is -0.117. The Kier molecular flexibility index (Phi) is 5.67. The fourth-order valence-electron chi connectivity index (χ4n) is 3.27. The molecule has 0 radical (unpaired) electrons. The van der Waals surface area contributed by atoms with E-state index < -0.39 is 17.8 Å². The van der Waals surface area contributed by atoms with Gasteiger partial charge in [0.2, 0.25) is 5.91 Å². The highest BCUT2D eigenvalue weighted by Gasteiger charge is 2.37. The van der Waals surface area contributed by atoms with Crippen LogP contribution in [0.1, 0.15) is 31.2 Å². The minimum Gasteiger partial charge on any atom is -0.497 e. The van der Waals surface area contributed by atoms with Crippen molar-refractivity contribution in [2.45, 2.75) is 13.0 Å². The van der Waals surface area contributed by atoms with E-state index in [9.17, 15) is 19.5 Å². The minimum absolute atomic E-state index is 0.0257. The average Bonchev–Trinajstić information content (AvgIpc) is 3.18. The Hall–Kier alpha value is -3.36. The molecule has 2 aromatic carbocycles. The highest BCUT2D eigenvalue weighted by molar-refractivity contribution is 7.12. The number of methoxy groups -OCH3 is 1. The van der Waals surface area contributed by atoms with E-state index in [1.807, 2.05) is 24.3 Å². The molecule has 0 spiro atoms. The van der Waals surface area contributed by atoms with E-state index in [1.165, 1.54) is 17.5 Å². The normalized spacial score (nSPS) is 13.2. The van der Waals surface area contributed by atoms with E-state index in [0.29, 0.717) is 11.3 Å².